The van der Waals surface area contributed by atoms with Crippen molar-refractivity contribution in [3.8, 4) is 0 Å². The second-order valence-corrected chi connectivity index (χ2v) is 7.66. The molecule has 1 aromatic carbocycles. The molecule has 0 bridgehead atoms. The quantitative estimate of drug-likeness (QED) is 0.788. The number of amides is 1. The average Bonchev–Trinajstić information content (AvgIpc) is 3.06. The minimum Gasteiger partial charge on any atom is -0.498 e. The average molecular weight is 366 g/mol. The second kappa shape index (κ2) is 5.87. The molecule has 3 aliphatic rings. The second-order valence-electron chi connectivity index (χ2n) is 7.66. The maximum Gasteiger partial charge on any atom is 0.328 e. The summed E-state index contributed by atoms with van der Waals surface area (Å²) in [6.07, 6.45) is 4.74. The molecule has 0 aliphatic carbocycles. The van der Waals surface area contributed by atoms with Gasteiger partial charge in [0.1, 0.15) is 12.1 Å². The van der Waals surface area contributed by atoms with Crippen molar-refractivity contribution in [1.29, 1.82) is 0 Å². The van der Waals surface area contributed by atoms with Crippen LogP contribution < -0.4 is 0 Å². The van der Waals surface area contributed by atoms with Gasteiger partial charge < -0.3 is 19.4 Å². The Bertz CT molecular complexity index is 962. The topological polar surface area (TPSA) is 71.6 Å². The summed E-state index contributed by atoms with van der Waals surface area (Å²) in [5.41, 5.74) is 3.21. The lowest BCUT2D eigenvalue weighted by atomic mass is 9.73. The number of piperidine rings is 1. The van der Waals surface area contributed by atoms with Gasteiger partial charge in [0.05, 0.1) is 25.3 Å². The predicted molar refractivity (Wildman–Crippen MR) is 98.7 cm³/mol. The molecule has 4 heterocycles. The molecule has 0 saturated carbocycles. The number of ether oxygens (including phenoxy) is 2. The number of allylic oxidation sites excluding steroid dienone is 1. The van der Waals surface area contributed by atoms with Gasteiger partial charge in [-0.25, -0.2) is 4.79 Å². The number of benzene rings is 1. The van der Waals surface area contributed by atoms with E-state index in [0.717, 1.165) is 28.6 Å². The number of carbonyl (C=O) groups excluding carboxylic acids is 2. The zero-order valence-corrected chi connectivity index (χ0v) is 15.3. The van der Waals surface area contributed by atoms with Gasteiger partial charge in [-0.1, -0.05) is 18.2 Å². The van der Waals surface area contributed by atoms with E-state index >= 15 is 0 Å². The predicted octanol–water partition coefficient (Wildman–Crippen LogP) is 2.70. The summed E-state index contributed by atoms with van der Waals surface area (Å²) >= 11 is 0. The van der Waals surface area contributed by atoms with Crippen LogP contribution in [0.2, 0.25) is 0 Å². The van der Waals surface area contributed by atoms with Gasteiger partial charge in [0.25, 0.3) is 0 Å². The van der Waals surface area contributed by atoms with Crippen LogP contribution in [0.1, 0.15) is 30.6 Å². The molecule has 1 amide bonds. The number of aromatic nitrogens is 1. The van der Waals surface area contributed by atoms with Crippen molar-refractivity contribution in [2.45, 2.75) is 38.0 Å². The maximum absolute atomic E-state index is 13.5. The van der Waals surface area contributed by atoms with Crippen LogP contribution in [-0.2, 0) is 25.5 Å². The summed E-state index contributed by atoms with van der Waals surface area (Å²) in [5.74, 6) is -0.530. The highest BCUT2D eigenvalue weighted by Gasteiger charge is 2.52. The summed E-state index contributed by atoms with van der Waals surface area (Å²) < 4.78 is 10.7. The maximum atomic E-state index is 13.5. The Morgan fingerprint density at radius 1 is 1.33 bits per heavy atom. The number of nitrogens with zero attached hydrogens (tertiary/aromatic N) is 1. The fourth-order valence-electron chi connectivity index (χ4n) is 5.11. The van der Waals surface area contributed by atoms with Gasteiger partial charge in [0, 0.05) is 23.0 Å². The van der Waals surface area contributed by atoms with Crippen LogP contribution >= 0.6 is 0 Å². The number of carbonyl (C=O) groups is 2. The number of nitrogens with one attached hydrogen (secondary N) is 1. The molecule has 140 valence electrons. The number of esters is 1. The van der Waals surface area contributed by atoms with E-state index in [4.69, 9.17) is 9.47 Å². The van der Waals surface area contributed by atoms with Crippen LogP contribution in [0.15, 0.2) is 36.6 Å². The van der Waals surface area contributed by atoms with E-state index in [9.17, 15) is 9.59 Å². The third-order valence-electron chi connectivity index (χ3n) is 6.34. The third kappa shape index (κ3) is 2.25. The summed E-state index contributed by atoms with van der Waals surface area (Å²) in [4.78, 5) is 31.3. The lowest BCUT2D eigenvalue weighted by Crippen LogP contribution is -2.59. The van der Waals surface area contributed by atoms with Crippen LogP contribution in [0, 0.1) is 11.8 Å². The smallest absolute Gasteiger partial charge is 0.328 e. The van der Waals surface area contributed by atoms with Gasteiger partial charge in [0.2, 0.25) is 5.91 Å². The monoisotopic (exact) mass is 366 g/mol. The molecule has 0 radical (unpaired) electrons. The van der Waals surface area contributed by atoms with Gasteiger partial charge in [-0.15, -0.1) is 0 Å². The van der Waals surface area contributed by atoms with Gasteiger partial charge >= 0.3 is 5.97 Å². The zero-order chi connectivity index (χ0) is 18.7. The molecule has 0 spiro atoms. The number of aromatic amines is 1. The molecule has 1 aromatic heterocycles. The van der Waals surface area contributed by atoms with Gasteiger partial charge in [-0.05, 0) is 37.0 Å². The first-order valence-corrected chi connectivity index (χ1v) is 9.41. The first-order chi connectivity index (χ1) is 13.1. The van der Waals surface area contributed by atoms with E-state index in [0.29, 0.717) is 6.42 Å². The van der Waals surface area contributed by atoms with Crippen LogP contribution in [0.3, 0.4) is 0 Å². The molecular weight excluding hydrogens is 344 g/mol. The standard InChI is InChI=1S/C21H22N2O4/c1-11-18-12(7-8-27-11)9-16-19-14(13-5-3-4-6-15(13)22-19)10-17(21(25)26-2)23(16)20(18)24/h3-8,11-12,16-18,22H,9-10H2,1-2H3/t11-,12+,16?,17-,18?/m0/s1. The van der Waals surface area contributed by atoms with Crippen molar-refractivity contribution in [1.82, 2.24) is 9.88 Å². The Balaban J connectivity index is 1.67. The molecule has 5 rings (SSSR count). The fraction of sp³-hybridized carbons (Fsp3) is 0.429. The number of methoxy groups -OCH3 is 1. The first-order valence-electron chi connectivity index (χ1n) is 9.41. The molecule has 5 atom stereocenters. The van der Waals surface area contributed by atoms with Gasteiger partial charge in [-0.2, -0.15) is 0 Å². The minimum absolute atomic E-state index is 0.0205. The van der Waals surface area contributed by atoms with E-state index in [-0.39, 0.29) is 35.9 Å². The largest absolute Gasteiger partial charge is 0.498 e. The molecule has 2 unspecified atom stereocenters. The molecule has 27 heavy (non-hydrogen) atoms. The van der Waals surface area contributed by atoms with Crippen molar-refractivity contribution in [3.05, 3.63) is 47.9 Å². The van der Waals surface area contributed by atoms with Gasteiger partial charge in [-0.3, -0.25) is 4.79 Å². The van der Waals surface area contributed by atoms with Crippen LogP contribution in [0.4, 0.5) is 0 Å². The number of H-pyrrole nitrogens is 1. The van der Waals surface area contributed by atoms with E-state index in [2.05, 4.69) is 11.1 Å². The van der Waals surface area contributed by atoms with E-state index in [1.807, 2.05) is 31.2 Å². The Hall–Kier alpha value is -2.76. The Kier molecular flexibility index (Phi) is 3.57. The summed E-state index contributed by atoms with van der Waals surface area (Å²) in [6.45, 7) is 1.92. The van der Waals surface area contributed by atoms with Crippen LogP contribution in [0.5, 0.6) is 0 Å². The van der Waals surface area contributed by atoms with Crippen molar-refractivity contribution >= 4 is 22.8 Å². The highest BCUT2D eigenvalue weighted by molar-refractivity contribution is 5.92. The lowest BCUT2D eigenvalue weighted by Gasteiger charge is -2.49. The third-order valence-corrected chi connectivity index (χ3v) is 6.34. The molecule has 6 heteroatoms. The molecule has 1 fully saturated rings. The SMILES string of the molecule is COC(=O)[C@@H]1Cc2c([nH]c3ccccc23)C2C[C@H]3C=CO[C@@H](C)C3C(=O)N21. The number of fused-ring (bicyclic) bond motifs is 6. The highest BCUT2D eigenvalue weighted by atomic mass is 16.5. The number of hydrogen-bond donors (Lipinski definition) is 1. The minimum atomic E-state index is -0.599. The van der Waals surface area contributed by atoms with E-state index in [1.165, 1.54) is 7.11 Å². The summed E-state index contributed by atoms with van der Waals surface area (Å²) in [7, 11) is 1.38. The summed E-state index contributed by atoms with van der Waals surface area (Å²) in [5, 5.41) is 1.12. The lowest BCUT2D eigenvalue weighted by molar-refractivity contribution is -0.166. The van der Waals surface area contributed by atoms with Crippen LogP contribution in [0.25, 0.3) is 10.9 Å². The Morgan fingerprint density at radius 3 is 2.96 bits per heavy atom. The Labute approximate surface area is 157 Å². The van der Waals surface area contributed by atoms with Crippen molar-refractivity contribution in [2.24, 2.45) is 11.8 Å². The molecule has 1 N–H and O–H groups in total. The van der Waals surface area contributed by atoms with Crippen molar-refractivity contribution in [3.63, 3.8) is 0 Å². The van der Waals surface area contributed by atoms with Crippen molar-refractivity contribution in [2.75, 3.05) is 7.11 Å². The molecule has 2 aromatic rings. The number of rotatable bonds is 1. The number of hydrogen-bond acceptors (Lipinski definition) is 4. The van der Waals surface area contributed by atoms with Crippen molar-refractivity contribution < 1.29 is 19.1 Å². The molecule has 3 aliphatic heterocycles. The molecular formula is C21H22N2O4. The van der Waals surface area contributed by atoms with E-state index < -0.39 is 6.04 Å². The first kappa shape index (κ1) is 16.4. The highest BCUT2D eigenvalue weighted by Crippen LogP contribution is 2.47. The van der Waals surface area contributed by atoms with Gasteiger partial charge in [0.15, 0.2) is 0 Å². The normalized spacial score (nSPS) is 31.7. The van der Waals surface area contributed by atoms with Crippen LogP contribution in [-0.4, -0.2) is 41.0 Å². The number of para-hydroxylation sites is 1. The molecule has 1 saturated heterocycles. The zero-order valence-electron chi connectivity index (χ0n) is 15.3. The fourth-order valence-corrected chi connectivity index (χ4v) is 5.11. The summed E-state index contributed by atoms with van der Waals surface area (Å²) in [6, 6.07) is 7.34. The van der Waals surface area contributed by atoms with E-state index in [1.54, 1.807) is 11.2 Å². The Morgan fingerprint density at radius 2 is 2.15 bits per heavy atom. The molecule has 6 nitrogen and oxygen atoms in total.